The highest BCUT2D eigenvalue weighted by Crippen LogP contribution is 2.39. The number of aromatic nitrogens is 1. The molecule has 0 aliphatic heterocycles. The lowest BCUT2D eigenvalue weighted by molar-refractivity contribution is -0.135. The van der Waals surface area contributed by atoms with Gasteiger partial charge in [0, 0.05) is 28.1 Å². The molecule has 1 aromatic heterocycles. The van der Waals surface area contributed by atoms with Gasteiger partial charge in [-0.1, -0.05) is 36.4 Å². The summed E-state index contributed by atoms with van der Waals surface area (Å²) in [6.45, 7) is 0.337. The lowest BCUT2D eigenvalue weighted by Crippen LogP contribution is -2.13. The number of para-hydroxylation sites is 1. The number of carbonyl (C=O) groups excluding carboxylic acids is 1. The molecule has 39 heavy (non-hydrogen) atoms. The third-order valence-corrected chi connectivity index (χ3v) is 6.23. The Bertz CT molecular complexity index is 1520. The van der Waals surface area contributed by atoms with Gasteiger partial charge in [-0.2, -0.15) is 0 Å². The first-order valence-corrected chi connectivity index (χ1v) is 12.3. The van der Waals surface area contributed by atoms with Gasteiger partial charge < -0.3 is 19.3 Å². The first-order chi connectivity index (χ1) is 18.8. The predicted octanol–water partition coefficient (Wildman–Crippen LogP) is 6.00. The number of methoxy groups -OCH3 is 2. The Morgan fingerprint density at radius 1 is 1.05 bits per heavy atom. The second-order valence-corrected chi connectivity index (χ2v) is 8.83. The number of amides is 1. The first kappa shape index (κ1) is 27.3. The second kappa shape index (κ2) is 12.2. The Labute approximate surface area is 226 Å². The molecule has 0 saturated heterocycles. The number of hydrogen-bond acceptors (Lipinski definition) is 7. The van der Waals surface area contributed by atoms with Crippen molar-refractivity contribution in [3.63, 3.8) is 0 Å². The van der Waals surface area contributed by atoms with Gasteiger partial charge >= 0.3 is 5.97 Å². The lowest BCUT2D eigenvalue weighted by atomic mass is 10.1. The third kappa shape index (κ3) is 6.39. The summed E-state index contributed by atoms with van der Waals surface area (Å²) in [5, 5.41) is 13.4. The number of nitrogens with one attached hydrogen (secondary N) is 1. The van der Waals surface area contributed by atoms with Crippen LogP contribution in [-0.4, -0.2) is 36.2 Å². The van der Waals surface area contributed by atoms with E-state index in [0.29, 0.717) is 35.4 Å². The molecular formula is C28H22F2N2O6S. The molecule has 4 aromatic rings. The highest BCUT2D eigenvalue weighted by molar-refractivity contribution is 7.14. The molecule has 0 spiro atoms. The summed E-state index contributed by atoms with van der Waals surface area (Å²) in [5.41, 5.74) is 1.14. The van der Waals surface area contributed by atoms with Gasteiger partial charge in [0.25, 0.3) is 5.91 Å². The van der Waals surface area contributed by atoms with Crippen molar-refractivity contribution in [1.82, 2.24) is 4.98 Å². The van der Waals surface area contributed by atoms with E-state index in [1.807, 2.05) is 30.3 Å². The number of benzene rings is 3. The maximum atomic E-state index is 14.5. The molecule has 4 rings (SSSR count). The minimum atomic E-state index is -1.50. The molecule has 0 fully saturated rings. The zero-order chi connectivity index (χ0) is 27.9. The van der Waals surface area contributed by atoms with E-state index in [9.17, 15) is 18.4 Å². The van der Waals surface area contributed by atoms with Crippen LogP contribution in [0, 0.1) is 11.6 Å². The van der Waals surface area contributed by atoms with Crippen LogP contribution in [0.2, 0.25) is 0 Å². The Hall–Kier alpha value is -4.77. The first-order valence-electron chi connectivity index (χ1n) is 11.4. The van der Waals surface area contributed by atoms with Gasteiger partial charge in [-0.15, -0.1) is 11.3 Å². The summed E-state index contributed by atoms with van der Waals surface area (Å²) in [6, 6.07) is 16.6. The number of hydrogen-bond donors (Lipinski definition) is 2. The number of carboxylic acid groups (broad SMARTS) is 1. The molecule has 0 aliphatic rings. The molecular weight excluding hydrogens is 530 g/mol. The SMILES string of the molecule is COC(=Cc1c(F)cc(C(=O)Nc2nc(-c3cccc(OCc4ccccc4)c3OC)cs2)cc1F)C(=O)O. The van der Waals surface area contributed by atoms with Crippen LogP contribution in [0.4, 0.5) is 13.9 Å². The van der Waals surface area contributed by atoms with E-state index >= 15 is 0 Å². The van der Waals surface area contributed by atoms with Crippen molar-refractivity contribution >= 4 is 34.4 Å². The van der Waals surface area contributed by atoms with E-state index in [0.717, 1.165) is 36.1 Å². The summed E-state index contributed by atoms with van der Waals surface area (Å²) < 4.78 is 45.2. The maximum absolute atomic E-state index is 14.5. The molecule has 0 atom stereocenters. The van der Waals surface area contributed by atoms with Crippen molar-refractivity contribution in [3.8, 4) is 22.8 Å². The van der Waals surface area contributed by atoms with Gasteiger partial charge in [-0.3, -0.25) is 10.1 Å². The Morgan fingerprint density at radius 2 is 1.77 bits per heavy atom. The fourth-order valence-electron chi connectivity index (χ4n) is 3.59. The van der Waals surface area contributed by atoms with Crippen molar-refractivity contribution in [2.45, 2.75) is 6.61 Å². The van der Waals surface area contributed by atoms with E-state index in [1.165, 1.54) is 7.11 Å². The average Bonchev–Trinajstić information content (AvgIpc) is 3.39. The third-order valence-electron chi connectivity index (χ3n) is 5.47. The Balaban J connectivity index is 1.52. The zero-order valence-electron chi connectivity index (χ0n) is 20.7. The van der Waals surface area contributed by atoms with Crippen LogP contribution in [0.5, 0.6) is 11.5 Å². The lowest BCUT2D eigenvalue weighted by Gasteiger charge is -2.13. The van der Waals surface area contributed by atoms with Crippen molar-refractivity contribution in [1.29, 1.82) is 0 Å². The molecule has 11 heteroatoms. The van der Waals surface area contributed by atoms with Crippen LogP contribution in [0.25, 0.3) is 17.3 Å². The van der Waals surface area contributed by atoms with Crippen LogP contribution in [0.3, 0.4) is 0 Å². The number of anilines is 1. The monoisotopic (exact) mass is 552 g/mol. The number of ether oxygens (including phenoxy) is 3. The van der Waals surface area contributed by atoms with Crippen molar-refractivity contribution in [2.75, 3.05) is 19.5 Å². The van der Waals surface area contributed by atoms with Gasteiger partial charge in [-0.05, 0) is 29.8 Å². The molecule has 1 amide bonds. The minimum absolute atomic E-state index is 0.185. The zero-order valence-corrected chi connectivity index (χ0v) is 21.6. The molecule has 1 heterocycles. The van der Waals surface area contributed by atoms with Crippen LogP contribution in [0.15, 0.2) is 71.8 Å². The van der Waals surface area contributed by atoms with Crippen LogP contribution in [0.1, 0.15) is 21.5 Å². The summed E-state index contributed by atoms with van der Waals surface area (Å²) in [6.07, 6.45) is 0.701. The Morgan fingerprint density at radius 3 is 2.41 bits per heavy atom. The quantitative estimate of drug-likeness (QED) is 0.184. The second-order valence-electron chi connectivity index (χ2n) is 7.97. The summed E-state index contributed by atoms with van der Waals surface area (Å²) in [7, 11) is 2.57. The molecule has 0 radical (unpaired) electrons. The highest BCUT2D eigenvalue weighted by Gasteiger charge is 2.19. The standard InChI is InChI=1S/C28H22F2N2O6S/c1-36-24(27(34)35)13-19-20(29)11-17(12-21(19)30)26(33)32-28-31-22(15-39-28)18-9-6-10-23(25(18)37-2)38-14-16-7-4-3-5-8-16/h3-13,15H,14H2,1-2H3,(H,34,35)(H,31,32,33). The highest BCUT2D eigenvalue weighted by atomic mass is 32.1. The summed E-state index contributed by atoms with van der Waals surface area (Å²) >= 11 is 1.11. The number of carbonyl (C=O) groups is 2. The number of carboxylic acids is 1. The molecule has 200 valence electrons. The van der Waals surface area contributed by atoms with E-state index in [-0.39, 0.29) is 10.7 Å². The van der Waals surface area contributed by atoms with Crippen molar-refractivity contribution in [3.05, 3.63) is 100 Å². The summed E-state index contributed by atoms with van der Waals surface area (Å²) in [5.74, 6) is -4.26. The van der Waals surface area contributed by atoms with Crippen LogP contribution in [-0.2, 0) is 16.1 Å². The van der Waals surface area contributed by atoms with Gasteiger partial charge in [0.1, 0.15) is 18.2 Å². The topological polar surface area (TPSA) is 107 Å². The molecule has 0 saturated carbocycles. The number of nitrogens with zero attached hydrogens (tertiary/aromatic N) is 1. The normalized spacial score (nSPS) is 11.1. The fraction of sp³-hybridized carbons (Fsp3) is 0.107. The molecule has 2 N–H and O–H groups in total. The van der Waals surface area contributed by atoms with Crippen LogP contribution < -0.4 is 14.8 Å². The van der Waals surface area contributed by atoms with E-state index < -0.39 is 34.8 Å². The largest absolute Gasteiger partial charge is 0.492 e. The number of aliphatic carboxylic acids is 1. The number of rotatable bonds is 10. The molecule has 0 bridgehead atoms. The number of halogens is 2. The Kier molecular flexibility index (Phi) is 8.52. The minimum Gasteiger partial charge on any atom is -0.492 e. The molecule has 0 unspecified atom stereocenters. The number of thiazole rings is 1. The van der Waals surface area contributed by atoms with Crippen molar-refractivity contribution < 1.29 is 37.7 Å². The molecule has 8 nitrogen and oxygen atoms in total. The van der Waals surface area contributed by atoms with Gasteiger partial charge in [-0.25, -0.2) is 18.6 Å². The van der Waals surface area contributed by atoms with Gasteiger partial charge in [0.2, 0.25) is 5.76 Å². The van der Waals surface area contributed by atoms with Crippen LogP contribution >= 0.6 is 11.3 Å². The van der Waals surface area contributed by atoms with E-state index in [1.54, 1.807) is 23.6 Å². The van der Waals surface area contributed by atoms with Crippen molar-refractivity contribution in [2.24, 2.45) is 0 Å². The molecule has 0 aliphatic carbocycles. The van der Waals surface area contributed by atoms with Gasteiger partial charge in [0.05, 0.1) is 19.9 Å². The smallest absolute Gasteiger partial charge is 0.371 e. The van der Waals surface area contributed by atoms with Gasteiger partial charge in [0.15, 0.2) is 16.6 Å². The van der Waals surface area contributed by atoms with E-state index in [4.69, 9.17) is 14.6 Å². The average molecular weight is 553 g/mol. The fourth-order valence-corrected chi connectivity index (χ4v) is 4.30. The maximum Gasteiger partial charge on any atom is 0.371 e. The predicted molar refractivity (Wildman–Crippen MR) is 142 cm³/mol. The van der Waals surface area contributed by atoms with E-state index in [2.05, 4.69) is 15.0 Å². The molecule has 3 aromatic carbocycles. The summed E-state index contributed by atoms with van der Waals surface area (Å²) in [4.78, 5) is 28.2.